The molecule has 0 aliphatic carbocycles. The zero-order chi connectivity index (χ0) is 17.7. The second-order valence-corrected chi connectivity index (χ2v) is 5.95. The average Bonchev–Trinajstić information content (AvgIpc) is 2.52. The Morgan fingerprint density at radius 1 is 1.29 bits per heavy atom. The Balaban J connectivity index is 0. The van der Waals surface area contributed by atoms with Crippen LogP contribution < -0.4 is 29.3 Å². The maximum atomic E-state index is 11.8. The van der Waals surface area contributed by atoms with E-state index in [1.54, 1.807) is 11.8 Å². The minimum Gasteiger partial charge on any atom is -0.874 e. The number of allylic oxidation sites excluding steroid dienone is 1. The minimum absolute atomic E-state index is 0. The van der Waals surface area contributed by atoms with Gasteiger partial charge in [0.1, 0.15) is 6.04 Å². The predicted octanol–water partition coefficient (Wildman–Crippen LogP) is -1.70. The van der Waals surface area contributed by atoms with Gasteiger partial charge in [0.05, 0.1) is 6.10 Å². The van der Waals surface area contributed by atoms with Gasteiger partial charge in [0.2, 0.25) is 0 Å². The van der Waals surface area contributed by atoms with Crippen molar-refractivity contribution in [2.45, 2.75) is 71.4 Å². The molecule has 3 N–H and O–H groups in total. The molecule has 0 amide bonds. The standard InChI is InChI=1S/C17H34N2O4.Li/c1-4-6-8-15(20)12-18-10-11-19(14(3)17(22)23)13-16(21)9-7-5-2;/h13-15,18,20-21H,4-12H2,1-3H3,(H,22,23);/q;+1/p-1/b16-13-;. The van der Waals surface area contributed by atoms with E-state index < -0.39 is 12.0 Å². The Morgan fingerprint density at radius 3 is 2.46 bits per heavy atom. The summed E-state index contributed by atoms with van der Waals surface area (Å²) in [5, 5.41) is 33.9. The molecule has 0 heterocycles. The molecule has 0 aromatic carbocycles. The molecule has 0 aromatic rings. The monoisotopic (exact) mass is 336 g/mol. The second kappa shape index (κ2) is 15.8. The van der Waals surface area contributed by atoms with Gasteiger partial charge >= 0.3 is 24.8 Å². The number of aliphatic carboxylic acids is 1. The molecular weight excluding hydrogens is 303 g/mol. The van der Waals surface area contributed by atoms with Gasteiger partial charge in [0.25, 0.3) is 0 Å². The summed E-state index contributed by atoms with van der Waals surface area (Å²) in [5.41, 5.74) is 0. The fourth-order valence-electron chi connectivity index (χ4n) is 2.13. The Labute approximate surface area is 158 Å². The molecule has 0 aliphatic rings. The molecule has 7 heteroatoms. The molecule has 6 nitrogen and oxygen atoms in total. The first-order valence-electron chi connectivity index (χ1n) is 8.67. The van der Waals surface area contributed by atoms with E-state index in [0.717, 1.165) is 32.1 Å². The van der Waals surface area contributed by atoms with Gasteiger partial charge in [0, 0.05) is 19.6 Å². The third-order valence-corrected chi connectivity index (χ3v) is 3.76. The molecule has 0 aromatic heterocycles. The SMILES string of the molecule is CCCC/C([O-])=C/N(CCNCC(O)CCCC)C(C)C(=O)O.[Li+]. The van der Waals surface area contributed by atoms with Crippen LogP contribution in [0, 0.1) is 0 Å². The molecule has 0 spiro atoms. The summed E-state index contributed by atoms with van der Waals surface area (Å²) in [6.07, 6.45) is 6.04. The Hall–Kier alpha value is -0.673. The normalized spacial score (nSPS) is 13.9. The summed E-state index contributed by atoms with van der Waals surface area (Å²) in [5.74, 6) is -0.990. The van der Waals surface area contributed by atoms with Crippen molar-refractivity contribution in [3.05, 3.63) is 12.0 Å². The number of nitrogens with one attached hydrogen (secondary N) is 1. The van der Waals surface area contributed by atoms with E-state index in [-0.39, 0.29) is 30.7 Å². The number of aliphatic hydroxyl groups is 1. The first-order chi connectivity index (χ1) is 10.9. The van der Waals surface area contributed by atoms with Crippen LogP contribution in [-0.4, -0.2) is 52.9 Å². The van der Waals surface area contributed by atoms with Crippen LogP contribution in [0.1, 0.15) is 59.3 Å². The third kappa shape index (κ3) is 12.7. The third-order valence-electron chi connectivity index (χ3n) is 3.76. The topological polar surface area (TPSA) is 95.9 Å². The van der Waals surface area contributed by atoms with Crippen molar-refractivity contribution < 1.29 is 39.0 Å². The van der Waals surface area contributed by atoms with Crippen LogP contribution in [0.25, 0.3) is 0 Å². The fourth-order valence-corrected chi connectivity index (χ4v) is 2.13. The van der Waals surface area contributed by atoms with Gasteiger partial charge in [-0.05, 0) is 26.0 Å². The second-order valence-electron chi connectivity index (χ2n) is 5.95. The number of unbranched alkanes of at least 4 members (excludes halogenated alkanes) is 2. The summed E-state index contributed by atoms with van der Waals surface area (Å²) in [7, 11) is 0. The summed E-state index contributed by atoms with van der Waals surface area (Å²) in [6.45, 7) is 7.10. The zero-order valence-corrected chi connectivity index (χ0v) is 15.8. The number of nitrogens with zero attached hydrogens (tertiary/aromatic N) is 1. The Morgan fingerprint density at radius 2 is 1.92 bits per heavy atom. The van der Waals surface area contributed by atoms with Crippen molar-refractivity contribution >= 4 is 5.97 Å². The van der Waals surface area contributed by atoms with E-state index in [1.165, 1.54) is 6.20 Å². The molecule has 0 radical (unpaired) electrons. The largest absolute Gasteiger partial charge is 1.00 e. The first kappa shape index (κ1) is 25.6. The van der Waals surface area contributed by atoms with Crippen molar-refractivity contribution in [3.8, 4) is 0 Å². The minimum atomic E-state index is -0.951. The van der Waals surface area contributed by atoms with Crippen LogP contribution in [0.15, 0.2) is 12.0 Å². The van der Waals surface area contributed by atoms with Crippen molar-refractivity contribution in [2.75, 3.05) is 19.6 Å². The number of hydrogen-bond acceptors (Lipinski definition) is 5. The molecule has 0 aliphatic heterocycles. The van der Waals surface area contributed by atoms with E-state index in [1.807, 2.05) is 6.92 Å². The van der Waals surface area contributed by atoms with Gasteiger partial charge in [0.15, 0.2) is 0 Å². The number of rotatable bonds is 14. The van der Waals surface area contributed by atoms with Gasteiger partial charge in [-0.25, -0.2) is 4.79 Å². The van der Waals surface area contributed by atoms with E-state index in [4.69, 9.17) is 5.11 Å². The van der Waals surface area contributed by atoms with Gasteiger partial charge in [-0.1, -0.05) is 39.5 Å². The number of aliphatic hydroxyl groups excluding tert-OH is 1. The number of hydrogen-bond donors (Lipinski definition) is 3. The molecule has 136 valence electrons. The van der Waals surface area contributed by atoms with Crippen molar-refractivity contribution in [1.29, 1.82) is 0 Å². The van der Waals surface area contributed by atoms with Crippen LogP contribution in [0.4, 0.5) is 0 Å². The van der Waals surface area contributed by atoms with Gasteiger partial charge in [-0.3, -0.25) is 0 Å². The summed E-state index contributed by atoms with van der Waals surface area (Å²) >= 11 is 0. The average molecular weight is 336 g/mol. The van der Waals surface area contributed by atoms with Crippen molar-refractivity contribution in [2.24, 2.45) is 0 Å². The van der Waals surface area contributed by atoms with Crippen molar-refractivity contribution in [1.82, 2.24) is 10.2 Å². The van der Waals surface area contributed by atoms with Crippen LogP contribution in [0.3, 0.4) is 0 Å². The Bertz CT molecular complexity index is 353. The zero-order valence-electron chi connectivity index (χ0n) is 15.8. The quantitative estimate of drug-likeness (QED) is 0.199. The van der Waals surface area contributed by atoms with Crippen LogP contribution in [0.5, 0.6) is 0 Å². The van der Waals surface area contributed by atoms with Gasteiger partial charge < -0.3 is 25.5 Å². The predicted molar refractivity (Wildman–Crippen MR) is 89.8 cm³/mol. The number of carbonyl (C=O) groups is 1. The first-order valence-corrected chi connectivity index (χ1v) is 8.67. The fraction of sp³-hybridized carbons (Fsp3) is 0.824. The maximum absolute atomic E-state index is 11.8. The van der Waals surface area contributed by atoms with E-state index in [0.29, 0.717) is 26.1 Å². The molecule has 0 saturated heterocycles. The number of carboxylic acids is 1. The van der Waals surface area contributed by atoms with Gasteiger partial charge in [-0.15, -0.1) is 5.76 Å². The molecule has 2 atom stereocenters. The van der Waals surface area contributed by atoms with E-state index >= 15 is 0 Å². The van der Waals surface area contributed by atoms with Crippen LogP contribution in [-0.2, 0) is 4.79 Å². The molecule has 2 unspecified atom stereocenters. The van der Waals surface area contributed by atoms with Crippen LogP contribution >= 0.6 is 0 Å². The summed E-state index contributed by atoms with van der Waals surface area (Å²) < 4.78 is 0. The van der Waals surface area contributed by atoms with E-state index in [9.17, 15) is 15.0 Å². The van der Waals surface area contributed by atoms with E-state index in [2.05, 4.69) is 12.2 Å². The number of carboxylic acid groups (broad SMARTS) is 1. The summed E-state index contributed by atoms with van der Waals surface area (Å²) in [6, 6.07) is -0.743. The summed E-state index contributed by atoms with van der Waals surface area (Å²) in [4.78, 5) is 12.7. The van der Waals surface area contributed by atoms with Gasteiger partial charge in [-0.2, -0.15) is 0 Å². The molecule has 0 rings (SSSR count). The van der Waals surface area contributed by atoms with Crippen LogP contribution in [0.2, 0.25) is 0 Å². The smallest absolute Gasteiger partial charge is 0.874 e. The molecular formula is C17H33LiN2O4. The molecule has 0 saturated carbocycles. The van der Waals surface area contributed by atoms with Crippen molar-refractivity contribution in [3.63, 3.8) is 0 Å². The maximum Gasteiger partial charge on any atom is 1.00 e. The molecule has 0 bridgehead atoms. The Kier molecular flexibility index (Phi) is 16.9. The molecule has 0 fully saturated rings. The molecule has 24 heavy (non-hydrogen) atoms.